The van der Waals surface area contributed by atoms with Crippen LogP contribution < -0.4 is 16.0 Å². The molecule has 0 bridgehead atoms. The van der Waals surface area contributed by atoms with E-state index in [1.807, 2.05) is 0 Å². The SMILES string of the molecule is CS(=O)(=O)O.FC1(CCc2ccc3c(n2)NCCC3)CCCC1.FC1(CCc2ccc3c(n2)NCCC3)CCNC1. The lowest BCUT2D eigenvalue weighted by Gasteiger charge is -2.20. The van der Waals surface area contributed by atoms with Gasteiger partial charge in [0.15, 0.2) is 0 Å². The standard InChI is InChI=1S/C15H21FN2.C14H20FN3.CH4O3S/c16-15(8-1-2-9-15)10-7-13-6-5-12-4-3-11-17-14(12)18-13;15-14(7-9-16-10-14)6-5-12-4-3-11-2-1-8-17-13(11)18-12;1-5(2,3)4/h5-6H,1-4,7-11H2,(H,17,18);3-4,16H,1-2,5-10H2,(H,17,18);1H3,(H,2,3,4). The van der Waals surface area contributed by atoms with Crippen LogP contribution in [0.15, 0.2) is 24.3 Å². The van der Waals surface area contributed by atoms with Crippen molar-refractivity contribution < 1.29 is 21.8 Å². The maximum Gasteiger partial charge on any atom is 0.261 e. The minimum Gasteiger partial charge on any atom is -0.370 e. The Labute approximate surface area is 243 Å². The third-order valence-corrected chi connectivity index (χ3v) is 8.25. The molecule has 228 valence electrons. The molecule has 8 nitrogen and oxygen atoms in total. The minimum atomic E-state index is -3.67. The summed E-state index contributed by atoms with van der Waals surface area (Å²) in [5.41, 5.74) is 2.71. The molecule has 1 atom stereocenters. The number of nitrogens with one attached hydrogen (secondary N) is 3. The summed E-state index contributed by atoms with van der Waals surface area (Å²) in [6.45, 7) is 3.31. The number of pyridine rings is 2. The van der Waals surface area contributed by atoms with Gasteiger partial charge in [0.25, 0.3) is 10.1 Å². The highest BCUT2D eigenvalue weighted by atomic mass is 32.2. The van der Waals surface area contributed by atoms with Crippen LogP contribution >= 0.6 is 0 Å². The Morgan fingerprint density at radius 3 is 1.73 bits per heavy atom. The molecule has 0 spiro atoms. The molecule has 41 heavy (non-hydrogen) atoms. The molecule has 1 unspecified atom stereocenters. The molecule has 0 amide bonds. The van der Waals surface area contributed by atoms with E-state index < -0.39 is 21.5 Å². The van der Waals surface area contributed by atoms with Crippen LogP contribution in [0, 0.1) is 0 Å². The molecule has 1 saturated heterocycles. The second-order valence-electron chi connectivity index (χ2n) is 11.8. The number of hydrogen-bond donors (Lipinski definition) is 4. The van der Waals surface area contributed by atoms with Crippen molar-refractivity contribution in [2.75, 3.05) is 43.1 Å². The zero-order valence-electron chi connectivity index (χ0n) is 24.2. The fraction of sp³-hybridized carbons (Fsp3) is 0.667. The maximum absolute atomic E-state index is 14.3. The molecular weight excluding hydrogens is 548 g/mol. The van der Waals surface area contributed by atoms with Crippen LogP contribution in [-0.2, 0) is 35.8 Å². The maximum atomic E-state index is 14.3. The van der Waals surface area contributed by atoms with Crippen molar-refractivity contribution in [2.24, 2.45) is 0 Å². The van der Waals surface area contributed by atoms with Gasteiger partial charge in [-0.15, -0.1) is 0 Å². The Bertz CT molecular complexity index is 1160. The van der Waals surface area contributed by atoms with Gasteiger partial charge in [-0.2, -0.15) is 8.42 Å². The summed E-state index contributed by atoms with van der Waals surface area (Å²) < 4.78 is 54.4. The lowest BCUT2D eigenvalue weighted by Crippen LogP contribution is -2.26. The van der Waals surface area contributed by atoms with Crippen LogP contribution in [0.1, 0.15) is 80.3 Å². The van der Waals surface area contributed by atoms with Crippen molar-refractivity contribution in [3.05, 3.63) is 46.8 Å². The Kier molecular flexibility index (Phi) is 10.9. The monoisotopic (exact) mass is 593 g/mol. The van der Waals surface area contributed by atoms with Crippen molar-refractivity contribution in [1.29, 1.82) is 0 Å². The summed E-state index contributed by atoms with van der Waals surface area (Å²) in [5, 5.41) is 9.75. The molecule has 6 rings (SSSR count). The summed E-state index contributed by atoms with van der Waals surface area (Å²) in [5.74, 6) is 2.04. The Balaban J connectivity index is 0.000000163. The third kappa shape index (κ3) is 10.4. The van der Waals surface area contributed by atoms with Crippen LogP contribution in [0.4, 0.5) is 20.4 Å². The number of anilines is 2. The molecule has 4 aliphatic rings. The molecule has 2 aromatic rings. The van der Waals surface area contributed by atoms with Crippen molar-refractivity contribution in [3.8, 4) is 0 Å². The van der Waals surface area contributed by atoms with Crippen molar-refractivity contribution in [3.63, 3.8) is 0 Å². The molecule has 11 heteroatoms. The van der Waals surface area contributed by atoms with Crippen LogP contribution in [0.2, 0.25) is 0 Å². The number of alkyl halides is 2. The number of nitrogens with zero attached hydrogens (tertiary/aromatic N) is 2. The molecular formula is C30H45F2N5O3S. The van der Waals surface area contributed by atoms with Gasteiger partial charge < -0.3 is 16.0 Å². The summed E-state index contributed by atoms with van der Waals surface area (Å²) in [4.78, 5) is 9.23. The van der Waals surface area contributed by atoms with E-state index in [-0.39, 0.29) is 0 Å². The molecule has 4 N–H and O–H groups in total. The first-order valence-electron chi connectivity index (χ1n) is 15.0. The second-order valence-corrected chi connectivity index (χ2v) is 13.3. The van der Waals surface area contributed by atoms with Crippen LogP contribution in [0.5, 0.6) is 0 Å². The van der Waals surface area contributed by atoms with Crippen LogP contribution in [0.25, 0.3) is 0 Å². The van der Waals surface area contributed by atoms with Gasteiger partial charge in [0, 0.05) is 31.0 Å². The number of rotatable bonds is 6. The fourth-order valence-corrected chi connectivity index (χ4v) is 5.91. The van der Waals surface area contributed by atoms with E-state index in [4.69, 9.17) is 4.55 Å². The summed E-state index contributed by atoms with van der Waals surface area (Å²) >= 11 is 0. The molecule has 2 aromatic heterocycles. The van der Waals surface area contributed by atoms with Crippen molar-refractivity contribution in [1.82, 2.24) is 15.3 Å². The van der Waals surface area contributed by atoms with Gasteiger partial charge in [-0.05, 0) is 100 Å². The molecule has 1 aliphatic carbocycles. The van der Waals surface area contributed by atoms with E-state index in [9.17, 15) is 17.2 Å². The molecule has 2 fully saturated rings. The molecule has 0 radical (unpaired) electrons. The van der Waals surface area contributed by atoms with Gasteiger partial charge in [-0.3, -0.25) is 4.55 Å². The summed E-state index contributed by atoms with van der Waals surface area (Å²) in [6, 6.07) is 8.42. The van der Waals surface area contributed by atoms with E-state index >= 15 is 0 Å². The van der Waals surface area contributed by atoms with E-state index in [2.05, 4.69) is 50.2 Å². The van der Waals surface area contributed by atoms with E-state index in [0.29, 0.717) is 32.1 Å². The van der Waals surface area contributed by atoms with Gasteiger partial charge in [-0.1, -0.05) is 25.0 Å². The van der Waals surface area contributed by atoms with E-state index in [1.54, 1.807) is 0 Å². The number of halogens is 2. The van der Waals surface area contributed by atoms with Gasteiger partial charge in [0.05, 0.1) is 6.26 Å². The molecule has 0 aromatic carbocycles. The average Bonchev–Trinajstić information content (AvgIpc) is 3.59. The zero-order valence-corrected chi connectivity index (χ0v) is 25.0. The van der Waals surface area contributed by atoms with Gasteiger partial charge >= 0.3 is 0 Å². The molecule has 5 heterocycles. The van der Waals surface area contributed by atoms with E-state index in [0.717, 1.165) is 94.0 Å². The predicted octanol–water partition coefficient (Wildman–Crippen LogP) is 5.23. The first-order chi connectivity index (χ1) is 19.5. The van der Waals surface area contributed by atoms with Crippen molar-refractivity contribution >= 4 is 21.8 Å². The summed E-state index contributed by atoms with van der Waals surface area (Å²) in [7, 11) is -3.67. The Morgan fingerprint density at radius 1 is 0.780 bits per heavy atom. The first kappa shape index (κ1) is 31.6. The average molecular weight is 594 g/mol. The Hall–Kier alpha value is -2.37. The zero-order chi connectivity index (χ0) is 29.3. The quantitative estimate of drug-likeness (QED) is 0.337. The lowest BCUT2D eigenvalue weighted by atomic mass is 9.96. The number of hydrogen-bond acceptors (Lipinski definition) is 7. The first-order valence-corrected chi connectivity index (χ1v) is 16.8. The third-order valence-electron chi connectivity index (χ3n) is 8.25. The lowest BCUT2D eigenvalue weighted by molar-refractivity contribution is 0.159. The van der Waals surface area contributed by atoms with Crippen LogP contribution in [0.3, 0.4) is 0 Å². The highest BCUT2D eigenvalue weighted by molar-refractivity contribution is 7.85. The fourth-order valence-electron chi connectivity index (χ4n) is 5.91. The molecule has 3 aliphatic heterocycles. The normalized spacial score (nSPS) is 22.5. The predicted molar refractivity (Wildman–Crippen MR) is 160 cm³/mol. The van der Waals surface area contributed by atoms with Crippen molar-refractivity contribution in [2.45, 2.75) is 94.8 Å². The van der Waals surface area contributed by atoms with Crippen LogP contribution in [-0.4, -0.2) is 66.7 Å². The summed E-state index contributed by atoms with van der Waals surface area (Å²) in [6.07, 6.45) is 12.2. The van der Waals surface area contributed by atoms with E-state index in [1.165, 1.54) is 24.0 Å². The molecule has 1 saturated carbocycles. The smallest absolute Gasteiger partial charge is 0.261 e. The largest absolute Gasteiger partial charge is 0.370 e. The Morgan fingerprint density at radius 2 is 1.27 bits per heavy atom. The number of aromatic nitrogens is 2. The minimum absolute atomic E-state index is 0.496. The van der Waals surface area contributed by atoms with Gasteiger partial charge in [-0.25, -0.2) is 18.7 Å². The number of aryl methyl sites for hydroxylation is 4. The highest BCUT2D eigenvalue weighted by Gasteiger charge is 2.34. The van der Waals surface area contributed by atoms with Gasteiger partial charge in [0.2, 0.25) is 0 Å². The second kappa shape index (κ2) is 14.2. The van der Waals surface area contributed by atoms with Gasteiger partial charge in [0.1, 0.15) is 23.0 Å². The topological polar surface area (TPSA) is 116 Å². The highest BCUT2D eigenvalue weighted by Crippen LogP contribution is 2.37. The number of fused-ring (bicyclic) bond motifs is 2.